The van der Waals surface area contributed by atoms with Gasteiger partial charge in [-0.3, -0.25) is 9.59 Å². The molecule has 182 valence electrons. The van der Waals surface area contributed by atoms with Crippen LogP contribution in [0.5, 0.6) is 5.75 Å². The lowest BCUT2D eigenvalue weighted by Crippen LogP contribution is -2.38. The van der Waals surface area contributed by atoms with Gasteiger partial charge in [0.25, 0.3) is 11.9 Å². The number of amides is 1. The molecular weight excluding hydrogens is 454 g/mol. The van der Waals surface area contributed by atoms with Crippen LogP contribution in [-0.2, 0) is 17.8 Å². The molecule has 0 N–H and O–H groups in total. The molecule has 2 aliphatic heterocycles. The monoisotopic (exact) mass is 481 g/mol. The molecule has 36 heavy (non-hydrogen) atoms. The number of aromatic nitrogens is 1. The van der Waals surface area contributed by atoms with Gasteiger partial charge >= 0.3 is 5.97 Å². The summed E-state index contributed by atoms with van der Waals surface area (Å²) in [4.78, 5) is 34.5. The lowest BCUT2D eigenvalue weighted by atomic mass is 9.97. The second kappa shape index (κ2) is 9.49. The number of oxazole rings is 1. The molecular formula is C29H27N3O4. The topological polar surface area (TPSA) is 75.9 Å². The number of ether oxygens (including phenoxy) is 1. The predicted molar refractivity (Wildman–Crippen MR) is 136 cm³/mol. The van der Waals surface area contributed by atoms with Crippen LogP contribution in [0.3, 0.4) is 0 Å². The van der Waals surface area contributed by atoms with E-state index in [1.54, 1.807) is 24.3 Å². The molecule has 0 spiro atoms. The molecule has 0 radical (unpaired) electrons. The smallest absolute Gasteiger partial charge is 0.314 e. The van der Waals surface area contributed by atoms with E-state index in [1.807, 2.05) is 41.3 Å². The van der Waals surface area contributed by atoms with Gasteiger partial charge in [0.15, 0.2) is 5.58 Å². The number of para-hydroxylation sites is 2. The van der Waals surface area contributed by atoms with Crippen LogP contribution in [0.2, 0.25) is 0 Å². The van der Waals surface area contributed by atoms with Gasteiger partial charge in [0.2, 0.25) is 0 Å². The fourth-order valence-electron chi connectivity index (χ4n) is 5.05. The average Bonchev–Trinajstić information content (AvgIpc) is 3.37. The van der Waals surface area contributed by atoms with Crippen LogP contribution in [0.15, 0.2) is 77.2 Å². The third-order valence-electron chi connectivity index (χ3n) is 7.10. The van der Waals surface area contributed by atoms with Crippen LogP contribution >= 0.6 is 0 Å². The molecule has 0 bridgehead atoms. The Kier molecular flexibility index (Phi) is 5.89. The number of carbonyl (C=O) groups is 2. The molecule has 0 unspecified atom stereocenters. The Morgan fingerprint density at radius 2 is 1.67 bits per heavy atom. The standard InChI is InChI=1S/C29H27N3O4/c33-27(32-17-12-20-6-1-2-7-23(20)19-32)22-8-5-9-24(18-22)35-28(34)21-13-15-31(16-14-21)29-30-25-10-3-4-11-26(25)36-29/h1-11,18,21H,12-17,19H2. The van der Waals surface area contributed by atoms with Crippen molar-refractivity contribution in [3.05, 3.63) is 89.5 Å². The molecule has 0 atom stereocenters. The van der Waals surface area contributed by atoms with Gasteiger partial charge in [-0.2, -0.15) is 4.98 Å². The summed E-state index contributed by atoms with van der Waals surface area (Å²) < 4.78 is 11.6. The van der Waals surface area contributed by atoms with Gasteiger partial charge in [-0.25, -0.2) is 0 Å². The molecule has 1 amide bonds. The third-order valence-corrected chi connectivity index (χ3v) is 7.10. The van der Waals surface area contributed by atoms with Crippen molar-refractivity contribution in [1.29, 1.82) is 0 Å². The fraction of sp³-hybridized carbons (Fsp3) is 0.276. The first-order valence-corrected chi connectivity index (χ1v) is 12.4. The number of fused-ring (bicyclic) bond motifs is 2. The summed E-state index contributed by atoms with van der Waals surface area (Å²) in [5.41, 5.74) is 4.61. The minimum atomic E-state index is -0.260. The minimum Gasteiger partial charge on any atom is -0.426 e. The number of piperidine rings is 1. The van der Waals surface area contributed by atoms with E-state index in [0.717, 1.165) is 17.5 Å². The summed E-state index contributed by atoms with van der Waals surface area (Å²) in [7, 11) is 0. The van der Waals surface area contributed by atoms with Crippen molar-refractivity contribution in [3.63, 3.8) is 0 Å². The van der Waals surface area contributed by atoms with E-state index in [4.69, 9.17) is 9.15 Å². The normalized spacial score (nSPS) is 16.1. The van der Waals surface area contributed by atoms with E-state index in [1.165, 1.54) is 11.1 Å². The number of hydrogen-bond donors (Lipinski definition) is 0. The van der Waals surface area contributed by atoms with Crippen molar-refractivity contribution in [2.75, 3.05) is 24.5 Å². The molecule has 2 aliphatic rings. The molecule has 7 nitrogen and oxygen atoms in total. The zero-order valence-electron chi connectivity index (χ0n) is 19.9. The summed E-state index contributed by atoms with van der Waals surface area (Å²) in [5.74, 6) is -0.106. The molecule has 1 fully saturated rings. The Balaban J connectivity index is 1.07. The number of carbonyl (C=O) groups excluding carboxylic acids is 2. The predicted octanol–water partition coefficient (Wildman–Crippen LogP) is 4.85. The lowest BCUT2D eigenvalue weighted by molar-refractivity contribution is -0.139. The van der Waals surface area contributed by atoms with Crippen LogP contribution in [-0.4, -0.2) is 41.4 Å². The second-order valence-electron chi connectivity index (χ2n) is 9.42. The Labute approximate surface area is 209 Å². The average molecular weight is 482 g/mol. The largest absolute Gasteiger partial charge is 0.426 e. The summed E-state index contributed by atoms with van der Waals surface area (Å²) in [5, 5.41) is 0. The molecule has 6 rings (SSSR count). The van der Waals surface area contributed by atoms with Crippen LogP contribution in [0.1, 0.15) is 34.3 Å². The maximum atomic E-state index is 13.1. The Morgan fingerprint density at radius 3 is 2.50 bits per heavy atom. The number of nitrogens with zero attached hydrogens (tertiary/aromatic N) is 3. The van der Waals surface area contributed by atoms with Crippen molar-refractivity contribution >= 4 is 29.0 Å². The molecule has 1 aromatic heterocycles. The van der Waals surface area contributed by atoms with Gasteiger partial charge in [-0.15, -0.1) is 0 Å². The zero-order chi connectivity index (χ0) is 24.5. The molecule has 0 saturated carbocycles. The summed E-state index contributed by atoms with van der Waals surface area (Å²) in [6.45, 7) is 2.61. The summed E-state index contributed by atoms with van der Waals surface area (Å²) >= 11 is 0. The van der Waals surface area contributed by atoms with E-state index in [-0.39, 0.29) is 17.8 Å². The lowest BCUT2D eigenvalue weighted by Gasteiger charge is -2.30. The highest BCUT2D eigenvalue weighted by molar-refractivity contribution is 5.95. The fourth-order valence-corrected chi connectivity index (χ4v) is 5.05. The summed E-state index contributed by atoms with van der Waals surface area (Å²) in [6.07, 6.45) is 2.16. The Hall–Kier alpha value is -4.13. The highest BCUT2D eigenvalue weighted by atomic mass is 16.5. The van der Waals surface area contributed by atoms with Crippen LogP contribution in [0.25, 0.3) is 11.1 Å². The van der Waals surface area contributed by atoms with Crippen molar-refractivity contribution in [1.82, 2.24) is 9.88 Å². The molecule has 0 aliphatic carbocycles. The van der Waals surface area contributed by atoms with Gasteiger partial charge in [-0.1, -0.05) is 42.5 Å². The van der Waals surface area contributed by atoms with Gasteiger partial charge in [0, 0.05) is 31.7 Å². The van der Waals surface area contributed by atoms with Crippen LogP contribution < -0.4 is 9.64 Å². The van der Waals surface area contributed by atoms with Gasteiger partial charge in [0.1, 0.15) is 11.3 Å². The highest BCUT2D eigenvalue weighted by Gasteiger charge is 2.29. The maximum Gasteiger partial charge on any atom is 0.314 e. The molecule has 4 aromatic rings. The first-order valence-electron chi connectivity index (χ1n) is 12.4. The molecule has 1 saturated heterocycles. The van der Waals surface area contributed by atoms with E-state index in [9.17, 15) is 9.59 Å². The van der Waals surface area contributed by atoms with Crippen LogP contribution in [0, 0.1) is 5.92 Å². The van der Waals surface area contributed by atoms with Crippen molar-refractivity contribution < 1.29 is 18.7 Å². The number of esters is 1. The van der Waals surface area contributed by atoms with Crippen molar-refractivity contribution in [2.24, 2.45) is 5.92 Å². The molecule has 3 heterocycles. The van der Waals surface area contributed by atoms with E-state index >= 15 is 0 Å². The molecule has 7 heteroatoms. The number of rotatable bonds is 4. The van der Waals surface area contributed by atoms with Gasteiger partial charge in [-0.05, 0) is 60.7 Å². The SMILES string of the molecule is O=C(Oc1cccc(C(=O)N2CCc3ccccc3C2)c1)C1CCN(c2nc3ccccc3o2)CC1. The van der Waals surface area contributed by atoms with Crippen LogP contribution in [0.4, 0.5) is 6.01 Å². The van der Waals surface area contributed by atoms with E-state index in [2.05, 4.69) is 22.0 Å². The van der Waals surface area contributed by atoms with Crippen molar-refractivity contribution in [2.45, 2.75) is 25.8 Å². The zero-order valence-corrected chi connectivity index (χ0v) is 19.9. The number of anilines is 1. The van der Waals surface area contributed by atoms with Gasteiger partial charge < -0.3 is 19.0 Å². The third kappa shape index (κ3) is 4.44. The van der Waals surface area contributed by atoms with Crippen molar-refractivity contribution in [3.8, 4) is 5.75 Å². The Bertz CT molecular complexity index is 1390. The highest BCUT2D eigenvalue weighted by Crippen LogP contribution is 2.28. The first kappa shape index (κ1) is 22.3. The van der Waals surface area contributed by atoms with E-state index in [0.29, 0.717) is 56.3 Å². The summed E-state index contributed by atoms with van der Waals surface area (Å²) in [6, 6.07) is 23.5. The minimum absolute atomic E-state index is 0.0472. The number of hydrogen-bond acceptors (Lipinski definition) is 6. The maximum absolute atomic E-state index is 13.1. The second-order valence-corrected chi connectivity index (χ2v) is 9.42. The molecule has 3 aromatic carbocycles. The number of benzene rings is 3. The quantitative estimate of drug-likeness (QED) is 0.306. The van der Waals surface area contributed by atoms with E-state index < -0.39 is 0 Å². The van der Waals surface area contributed by atoms with Gasteiger partial charge in [0.05, 0.1) is 5.92 Å². The Morgan fingerprint density at radius 1 is 0.889 bits per heavy atom. The first-order chi connectivity index (χ1) is 17.6.